The molecule has 0 fully saturated rings. The Morgan fingerprint density at radius 2 is 1.87 bits per heavy atom. The van der Waals surface area contributed by atoms with E-state index in [0.717, 1.165) is 0 Å². The topological polar surface area (TPSA) is 83.1 Å². The third-order valence-corrected chi connectivity index (χ3v) is 3.37. The highest BCUT2D eigenvalue weighted by molar-refractivity contribution is 6.14. The summed E-state index contributed by atoms with van der Waals surface area (Å²) in [7, 11) is 0. The van der Waals surface area contributed by atoms with Crippen molar-refractivity contribution in [3.63, 3.8) is 0 Å². The summed E-state index contributed by atoms with van der Waals surface area (Å²) in [4.78, 5) is 12.4. The molecule has 23 heavy (non-hydrogen) atoms. The third-order valence-electron chi connectivity index (χ3n) is 3.37. The van der Waals surface area contributed by atoms with Crippen LogP contribution in [0, 0.1) is 22.7 Å². The van der Waals surface area contributed by atoms with E-state index >= 15 is 0 Å². The number of carbonyl (C=O) groups is 1. The zero-order valence-corrected chi connectivity index (χ0v) is 11.9. The predicted octanol–water partition coefficient (Wildman–Crippen LogP) is 3.08. The van der Waals surface area contributed by atoms with Gasteiger partial charge in [-0.25, -0.2) is 0 Å². The number of ether oxygens (including phenoxy) is 2. The maximum atomic E-state index is 12.4. The number of rotatable bonds is 3. The molecule has 0 radical (unpaired) electrons. The van der Waals surface area contributed by atoms with Gasteiger partial charge in [0.2, 0.25) is 12.6 Å². The predicted molar refractivity (Wildman–Crippen MR) is 81.6 cm³/mol. The van der Waals surface area contributed by atoms with Crippen LogP contribution in [-0.4, -0.2) is 12.6 Å². The second-order valence-electron chi connectivity index (χ2n) is 4.77. The van der Waals surface area contributed by atoms with Gasteiger partial charge >= 0.3 is 0 Å². The molecule has 0 saturated carbocycles. The fraction of sp³-hybridized carbons (Fsp3) is 0.0556. The summed E-state index contributed by atoms with van der Waals surface area (Å²) in [6.07, 6.45) is 1.48. The number of allylic oxidation sites excluding steroid dienone is 1. The molecule has 0 N–H and O–H groups in total. The molecule has 5 nitrogen and oxygen atoms in total. The summed E-state index contributed by atoms with van der Waals surface area (Å²) in [6.45, 7) is 0.117. The molecule has 0 aromatic heterocycles. The van der Waals surface area contributed by atoms with Crippen molar-refractivity contribution in [2.24, 2.45) is 0 Å². The molecule has 3 rings (SSSR count). The van der Waals surface area contributed by atoms with Gasteiger partial charge in [0.25, 0.3) is 0 Å². The van der Waals surface area contributed by atoms with E-state index < -0.39 is 5.78 Å². The number of benzene rings is 2. The van der Waals surface area contributed by atoms with E-state index in [0.29, 0.717) is 28.2 Å². The van der Waals surface area contributed by atoms with Crippen LogP contribution in [0.25, 0.3) is 6.08 Å². The zero-order valence-electron chi connectivity index (χ0n) is 11.9. The summed E-state index contributed by atoms with van der Waals surface area (Å²) < 4.78 is 10.6. The number of Topliss-reactive ketones (excluding diaryl/α,β-unsaturated/α-hetero) is 1. The fourth-order valence-electron chi connectivity index (χ4n) is 2.22. The molecular formula is C18H10N2O3. The lowest BCUT2D eigenvalue weighted by atomic mass is 10.0. The van der Waals surface area contributed by atoms with Crippen molar-refractivity contribution in [1.29, 1.82) is 10.5 Å². The lowest BCUT2D eigenvalue weighted by molar-refractivity contribution is 0.104. The van der Waals surface area contributed by atoms with Gasteiger partial charge in [-0.2, -0.15) is 10.5 Å². The zero-order chi connectivity index (χ0) is 16.2. The largest absolute Gasteiger partial charge is 0.454 e. The first-order chi connectivity index (χ1) is 11.2. The molecule has 2 aromatic rings. The SMILES string of the molecule is N#CC(=Cc1cccc2c1OCO2)C(=O)c1ccc(C#N)cc1. The van der Waals surface area contributed by atoms with Crippen LogP contribution in [0.5, 0.6) is 11.5 Å². The van der Waals surface area contributed by atoms with Crippen molar-refractivity contribution < 1.29 is 14.3 Å². The number of carbonyl (C=O) groups excluding carboxylic acids is 1. The Labute approximate surface area is 132 Å². The van der Waals surface area contributed by atoms with E-state index in [1.165, 1.54) is 18.2 Å². The number of nitriles is 2. The van der Waals surface area contributed by atoms with Crippen molar-refractivity contribution in [2.75, 3.05) is 6.79 Å². The molecule has 0 bridgehead atoms. The van der Waals surface area contributed by atoms with Gasteiger partial charge in [-0.3, -0.25) is 4.79 Å². The van der Waals surface area contributed by atoms with Crippen LogP contribution in [-0.2, 0) is 0 Å². The van der Waals surface area contributed by atoms with E-state index in [-0.39, 0.29) is 12.4 Å². The van der Waals surface area contributed by atoms with E-state index in [1.54, 1.807) is 30.3 Å². The molecule has 1 aliphatic rings. The minimum atomic E-state index is -0.409. The smallest absolute Gasteiger partial charge is 0.231 e. The molecule has 5 heteroatoms. The highest BCUT2D eigenvalue weighted by atomic mass is 16.7. The Morgan fingerprint density at radius 3 is 2.57 bits per heavy atom. The Hall–Kier alpha value is -3.57. The summed E-state index contributed by atoms with van der Waals surface area (Å²) >= 11 is 0. The summed E-state index contributed by atoms with van der Waals surface area (Å²) in [5.74, 6) is 0.697. The standard InChI is InChI=1S/C18H10N2O3/c19-9-12-4-6-13(7-5-12)17(21)15(10-20)8-14-2-1-3-16-18(14)23-11-22-16/h1-8H,11H2. The van der Waals surface area contributed by atoms with E-state index in [9.17, 15) is 10.1 Å². The van der Waals surface area contributed by atoms with Crippen LogP contribution < -0.4 is 9.47 Å². The average Bonchev–Trinajstić information content (AvgIpc) is 3.08. The van der Waals surface area contributed by atoms with Crippen molar-refractivity contribution >= 4 is 11.9 Å². The molecule has 0 unspecified atom stereocenters. The minimum Gasteiger partial charge on any atom is -0.454 e. The number of hydrogen-bond acceptors (Lipinski definition) is 5. The summed E-state index contributed by atoms with van der Waals surface area (Å²) in [6, 6.07) is 15.3. The number of fused-ring (bicyclic) bond motifs is 1. The van der Waals surface area contributed by atoms with Gasteiger partial charge in [0.05, 0.1) is 11.6 Å². The van der Waals surface area contributed by atoms with Gasteiger partial charge in [-0.05, 0) is 36.4 Å². The lowest BCUT2D eigenvalue weighted by Gasteiger charge is -2.03. The molecule has 110 valence electrons. The van der Waals surface area contributed by atoms with Crippen molar-refractivity contribution in [2.45, 2.75) is 0 Å². The Kier molecular flexibility index (Phi) is 3.78. The first-order valence-corrected chi connectivity index (χ1v) is 6.78. The highest BCUT2D eigenvalue weighted by Crippen LogP contribution is 2.36. The van der Waals surface area contributed by atoms with Crippen LogP contribution in [0.15, 0.2) is 48.0 Å². The Morgan fingerprint density at radius 1 is 1.09 bits per heavy atom. The van der Waals surface area contributed by atoms with Gasteiger partial charge in [0.15, 0.2) is 11.5 Å². The second-order valence-corrected chi connectivity index (χ2v) is 4.77. The minimum absolute atomic E-state index is 0.0152. The quantitative estimate of drug-likeness (QED) is 0.494. The summed E-state index contributed by atoms with van der Waals surface area (Å²) in [5, 5.41) is 18.1. The summed E-state index contributed by atoms with van der Waals surface area (Å²) in [5.41, 5.74) is 1.40. The van der Waals surface area contributed by atoms with Gasteiger partial charge < -0.3 is 9.47 Å². The van der Waals surface area contributed by atoms with Crippen LogP contribution in [0.2, 0.25) is 0 Å². The van der Waals surface area contributed by atoms with Crippen molar-refractivity contribution in [3.05, 3.63) is 64.7 Å². The number of ketones is 1. The Balaban J connectivity index is 1.96. The molecule has 0 aliphatic carbocycles. The van der Waals surface area contributed by atoms with Gasteiger partial charge in [0.1, 0.15) is 11.6 Å². The van der Waals surface area contributed by atoms with E-state index in [4.69, 9.17) is 14.7 Å². The first kappa shape index (κ1) is 14.4. The number of para-hydroxylation sites is 1. The molecule has 1 heterocycles. The van der Waals surface area contributed by atoms with Crippen LogP contribution in [0.3, 0.4) is 0 Å². The molecule has 0 saturated heterocycles. The maximum Gasteiger partial charge on any atom is 0.231 e. The lowest BCUT2D eigenvalue weighted by Crippen LogP contribution is -2.02. The molecular weight excluding hydrogens is 292 g/mol. The maximum absolute atomic E-state index is 12.4. The second kappa shape index (κ2) is 6.05. The van der Waals surface area contributed by atoms with E-state index in [1.807, 2.05) is 12.1 Å². The van der Waals surface area contributed by atoms with E-state index in [2.05, 4.69) is 0 Å². The third kappa shape index (κ3) is 2.76. The van der Waals surface area contributed by atoms with Crippen LogP contribution in [0.1, 0.15) is 21.5 Å². The Bertz CT molecular complexity index is 884. The number of nitrogens with zero attached hydrogens (tertiary/aromatic N) is 2. The molecule has 0 spiro atoms. The normalized spacial score (nSPS) is 12.3. The molecule has 2 aromatic carbocycles. The fourth-order valence-corrected chi connectivity index (χ4v) is 2.22. The average molecular weight is 302 g/mol. The first-order valence-electron chi connectivity index (χ1n) is 6.78. The van der Waals surface area contributed by atoms with Crippen molar-refractivity contribution in [1.82, 2.24) is 0 Å². The van der Waals surface area contributed by atoms with Crippen molar-refractivity contribution in [3.8, 4) is 23.6 Å². The van der Waals surface area contributed by atoms with Crippen LogP contribution >= 0.6 is 0 Å². The van der Waals surface area contributed by atoms with Gasteiger partial charge in [0, 0.05) is 11.1 Å². The number of hydrogen-bond donors (Lipinski definition) is 0. The van der Waals surface area contributed by atoms with Gasteiger partial charge in [-0.1, -0.05) is 12.1 Å². The molecule has 0 amide bonds. The van der Waals surface area contributed by atoms with Gasteiger partial charge in [-0.15, -0.1) is 0 Å². The highest BCUT2D eigenvalue weighted by Gasteiger charge is 2.18. The molecule has 1 aliphatic heterocycles. The van der Waals surface area contributed by atoms with Crippen LogP contribution in [0.4, 0.5) is 0 Å². The monoisotopic (exact) mass is 302 g/mol. The molecule has 0 atom stereocenters.